The summed E-state index contributed by atoms with van der Waals surface area (Å²) in [5.41, 5.74) is 0.490. The van der Waals surface area contributed by atoms with Crippen LogP contribution in [0, 0.1) is 17.6 Å². The molecular weight excluding hydrogens is 396 g/mol. The van der Waals surface area contributed by atoms with Crippen LogP contribution in [-0.2, 0) is 11.2 Å². The fourth-order valence-electron chi connectivity index (χ4n) is 3.62. The first-order valence-electron chi connectivity index (χ1n) is 9.98. The summed E-state index contributed by atoms with van der Waals surface area (Å²) in [7, 11) is 0. The zero-order valence-corrected chi connectivity index (χ0v) is 16.8. The molecular formula is C21H23F2N3O2S. The van der Waals surface area contributed by atoms with Crippen molar-refractivity contribution in [3.05, 3.63) is 51.5 Å². The Hall–Kier alpha value is -2.35. The molecule has 1 aromatic heterocycles. The van der Waals surface area contributed by atoms with Gasteiger partial charge in [0.25, 0.3) is 5.91 Å². The zero-order valence-electron chi connectivity index (χ0n) is 16.0. The molecule has 1 aromatic carbocycles. The molecule has 2 fully saturated rings. The lowest BCUT2D eigenvalue weighted by Crippen LogP contribution is -2.38. The number of likely N-dealkylation sites (tertiary alicyclic amines) is 1. The molecule has 0 bridgehead atoms. The smallest absolute Gasteiger partial charge is 0.259 e. The summed E-state index contributed by atoms with van der Waals surface area (Å²) in [6, 6.07) is 3.46. The first kappa shape index (κ1) is 19.9. The Kier molecular flexibility index (Phi) is 5.89. The molecule has 8 heteroatoms. The molecule has 2 aromatic rings. The van der Waals surface area contributed by atoms with Crippen LogP contribution >= 0.6 is 11.3 Å². The van der Waals surface area contributed by atoms with Crippen molar-refractivity contribution >= 4 is 23.2 Å². The van der Waals surface area contributed by atoms with Crippen molar-refractivity contribution in [3.63, 3.8) is 0 Å². The third-order valence-corrected chi connectivity index (χ3v) is 6.56. The van der Waals surface area contributed by atoms with E-state index in [1.165, 1.54) is 11.0 Å². The average molecular weight is 419 g/mol. The van der Waals surface area contributed by atoms with Gasteiger partial charge in [-0.3, -0.25) is 9.59 Å². The maximum Gasteiger partial charge on any atom is 0.259 e. The Morgan fingerprint density at radius 3 is 2.48 bits per heavy atom. The molecule has 154 valence electrons. The molecule has 2 heterocycles. The van der Waals surface area contributed by atoms with Crippen LogP contribution in [-0.4, -0.2) is 41.3 Å². The van der Waals surface area contributed by atoms with E-state index < -0.39 is 23.1 Å². The minimum atomic E-state index is -0.824. The number of halogens is 2. The lowest BCUT2D eigenvalue weighted by atomic mass is 9.97. The largest absolute Gasteiger partial charge is 0.355 e. The van der Waals surface area contributed by atoms with Crippen LogP contribution < -0.4 is 5.32 Å². The maximum absolute atomic E-state index is 13.9. The Bertz CT molecular complexity index is 885. The molecule has 0 spiro atoms. The summed E-state index contributed by atoms with van der Waals surface area (Å²) < 4.78 is 27.8. The number of carbonyl (C=O) groups excluding carboxylic acids is 2. The van der Waals surface area contributed by atoms with Gasteiger partial charge in [-0.05, 0) is 37.8 Å². The standard InChI is InChI=1S/C21H23F2N3O2S/c22-16-2-1-3-17(23)18(16)21(28)26-10-7-14(8-11-26)20-25-15(12-29-20)6-9-24-19(27)13-4-5-13/h1-3,12-14H,4-11H2,(H,24,27). The summed E-state index contributed by atoms with van der Waals surface area (Å²) in [6.45, 7) is 1.49. The monoisotopic (exact) mass is 419 g/mol. The molecule has 4 rings (SSSR count). The van der Waals surface area contributed by atoms with Crippen LogP contribution in [0.4, 0.5) is 8.78 Å². The fourth-order valence-corrected chi connectivity index (χ4v) is 4.64. The van der Waals surface area contributed by atoms with E-state index >= 15 is 0 Å². The van der Waals surface area contributed by atoms with E-state index in [2.05, 4.69) is 5.32 Å². The summed E-state index contributed by atoms with van der Waals surface area (Å²) in [6.07, 6.45) is 4.13. The lowest BCUT2D eigenvalue weighted by molar-refractivity contribution is -0.122. The van der Waals surface area contributed by atoms with E-state index in [1.807, 2.05) is 5.38 Å². The highest BCUT2D eigenvalue weighted by atomic mass is 32.1. The van der Waals surface area contributed by atoms with Gasteiger partial charge in [0.05, 0.1) is 10.7 Å². The summed E-state index contributed by atoms with van der Waals surface area (Å²) in [5.74, 6) is -1.64. The number of hydrogen-bond donors (Lipinski definition) is 1. The van der Waals surface area contributed by atoms with Crippen molar-refractivity contribution in [1.29, 1.82) is 0 Å². The first-order valence-corrected chi connectivity index (χ1v) is 10.9. The predicted octanol–water partition coefficient (Wildman–Crippen LogP) is 3.51. The Morgan fingerprint density at radius 1 is 1.14 bits per heavy atom. The van der Waals surface area contributed by atoms with E-state index in [4.69, 9.17) is 4.98 Å². The normalized spacial score (nSPS) is 17.4. The van der Waals surface area contributed by atoms with Crippen molar-refractivity contribution in [2.75, 3.05) is 19.6 Å². The maximum atomic E-state index is 13.9. The molecule has 1 N–H and O–H groups in total. The van der Waals surface area contributed by atoms with Crippen LogP contribution in [0.3, 0.4) is 0 Å². The Morgan fingerprint density at radius 2 is 1.83 bits per heavy atom. The molecule has 5 nitrogen and oxygen atoms in total. The van der Waals surface area contributed by atoms with Gasteiger partial charge in [0.1, 0.15) is 17.2 Å². The number of nitrogens with one attached hydrogen (secondary N) is 1. The molecule has 1 aliphatic carbocycles. The minimum absolute atomic E-state index is 0.142. The molecule has 0 radical (unpaired) electrons. The second kappa shape index (κ2) is 8.57. The third-order valence-electron chi connectivity index (χ3n) is 5.51. The van der Waals surface area contributed by atoms with Crippen molar-refractivity contribution in [2.24, 2.45) is 5.92 Å². The minimum Gasteiger partial charge on any atom is -0.355 e. The van der Waals surface area contributed by atoms with Gasteiger partial charge in [0, 0.05) is 43.3 Å². The van der Waals surface area contributed by atoms with Gasteiger partial charge < -0.3 is 10.2 Å². The van der Waals surface area contributed by atoms with Crippen LogP contribution in [0.25, 0.3) is 0 Å². The molecule has 29 heavy (non-hydrogen) atoms. The predicted molar refractivity (Wildman–Crippen MR) is 106 cm³/mol. The number of nitrogens with zero attached hydrogens (tertiary/aromatic N) is 2. The SMILES string of the molecule is O=C(NCCc1csc(C2CCN(C(=O)c3c(F)cccc3F)CC2)n1)C1CC1. The van der Waals surface area contributed by atoms with Crippen LogP contribution in [0.15, 0.2) is 23.6 Å². The van der Waals surface area contributed by atoms with Crippen molar-refractivity contribution in [1.82, 2.24) is 15.2 Å². The quantitative estimate of drug-likeness (QED) is 0.780. The molecule has 0 atom stereocenters. The molecule has 2 amide bonds. The summed E-state index contributed by atoms with van der Waals surface area (Å²) in [5, 5.41) is 5.99. The Labute approximate surface area is 172 Å². The molecule has 1 aliphatic heterocycles. The number of amides is 2. The van der Waals surface area contributed by atoms with E-state index in [0.717, 1.165) is 35.7 Å². The van der Waals surface area contributed by atoms with Crippen molar-refractivity contribution in [2.45, 2.75) is 38.0 Å². The highest BCUT2D eigenvalue weighted by Gasteiger charge is 2.30. The number of aromatic nitrogens is 1. The van der Waals surface area contributed by atoms with Gasteiger partial charge in [-0.1, -0.05) is 6.07 Å². The number of carbonyl (C=O) groups is 2. The Balaban J connectivity index is 1.29. The number of piperidine rings is 1. The average Bonchev–Trinajstić information content (AvgIpc) is 3.47. The topological polar surface area (TPSA) is 62.3 Å². The molecule has 2 aliphatic rings. The van der Waals surface area contributed by atoms with Gasteiger partial charge in [-0.15, -0.1) is 11.3 Å². The number of benzene rings is 1. The number of rotatable bonds is 6. The van der Waals surface area contributed by atoms with E-state index in [0.29, 0.717) is 38.9 Å². The highest BCUT2D eigenvalue weighted by Crippen LogP contribution is 2.31. The summed E-state index contributed by atoms with van der Waals surface area (Å²) in [4.78, 5) is 30.4. The number of hydrogen-bond acceptors (Lipinski definition) is 4. The van der Waals surface area contributed by atoms with Crippen LogP contribution in [0.5, 0.6) is 0 Å². The first-order chi connectivity index (χ1) is 14.0. The van der Waals surface area contributed by atoms with Gasteiger partial charge in [0.2, 0.25) is 5.91 Å². The van der Waals surface area contributed by atoms with E-state index in [1.54, 1.807) is 11.3 Å². The van der Waals surface area contributed by atoms with Gasteiger partial charge >= 0.3 is 0 Å². The number of thiazole rings is 1. The van der Waals surface area contributed by atoms with E-state index in [9.17, 15) is 18.4 Å². The highest BCUT2D eigenvalue weighted by molar-refractivity contribution is 7.09. The molecule has 1 saturated heterocycles. The summed E-state index contributed by atoms with van der Waals surface area (Å²) >= 11 is 1.60. The van der Waals surface area contributed by atoms with Gasteiger partial charge in [-0.2, -0.15) is 0 Å². The second-order valence-electron chi connectivity index (χ2n) is 7.66. The zero-order chi connectivity index (χ0) is 20.4. The molecule has 0 unspecified atom stereocenters. The molecule has 1 saturated carbocycles. The van der Waals surface area contributed by atoms with E-state index in [-0.39, 0.29) is 17.7 Å². The van der Waals surface area contributed by atoms with Crippen molar-refractivity contribution in [3.8, 4) is 0 Å². The van der Waals surface area contributed by atoms with Crippen LogP contribution in [0.2, 0.25) is 0 Å². The van der Waals surface area contributed by atoms with Crippen molar-refractivity contribution < 1.29 is 18.4 Å². The lowest BCUT2D eigenvalue weighted by Gasteiger charge is -2.31. The fraction of sp³-hybridized carbons (Fsp3) is 0.476. The van der Waals surface area contributed by atoms with Gasteiger partial charge in [0.15, 0.2) is 0 Å². The third kappa shape index (κ3) is 4.63. The second-order valence-corrected chi connectivity index (χ2v) is 8.55. The van der Waals surface area contributed by atoms with Crippen LogP contribution in [0.1, 0.15) is 52.7 Å². The van der Waals surface area contributed by atoms with Gasteiger partial charge in [-0.25, -0.2) is 13.8 Å².